The lowest BCUT2D eigenvalue weighted by Crippen LogP contribution is -2.37. The van der Waals surface area contributed by atoms with E-state index in [1.54, 1.807) is 19.9 Å². The molecule has 0 spiro atoms. The topological polar surface area (TPSA) is 112 Å². The maximum Gasteiger partial charge on any atom is 0.246 e. The number of carbonyl (C=O) groups is 2. The highest BCUT2D eigenvalue weighted by atomic mass is 32.2. The molecule has 114 valence electrons. The van der Waals surface area contributed by atoms with E-state index in [9.17, 15) is 13.8 Å². The minimum Gasteiger partial charge on any atom is -0.344 e. The Morgan fingerprint density at radius 2 is 2.24 bits per heavy atom. The zero-order valence-corrected chi connectivity index (χ0v) is 12.9. The lowest BCUT2D eigenvalue weighted by molar-refractivity contribution is -0.127. The molecular weight excluding hydrogens is 292 g/mol. The number of rotatable bonds is 3. The first-order chi connectivity index (χ1) is 9.59. The van der Waals surface area contributed by atoms with Crippen molar-refractivity contribution in [2.45, 2.75) is 31.3 Å². The van der Waals surface area contributed by atoms with E-state index in [-0.39, 0.29) is 16.8 Å². The molecule has 1 fully saturated rings. The van der Waals surface area contributed by atoms with E-state index >= 15 is 0 Å². The number of nitrogens with one attached hydrogen (secondary N) is 3. The van der Waals surface area contributed by atoms with Crippen molar-refractivity contribution < 1.29 is 13.8 Å². The average molecular weight is 310 g/mol. The second-order valence-electron chi connectivity index (χ2n) is 5.83. The van der Waals surface area contributed by atoms with Crippen molar-refractivity contribution in [3.05, 3.63) is 18.3 Å². The molecule has 3 N–H and O–H groups in total. The van der Waals surface area contributed by atoms with E-state index in [1.165, 1.54) is 18.5 Å². The largest absolute Gasteiger partial charge is 0.344 e. The minimum atomic E-state index is -2.94. The molecular formula is C13H18N4O3S. The van der Waals surface area contributed by atoms with Crippen LogP contribution in [0, 0.1) is 10.2 Å². The molecule has 0 radical (unpaired) electrons. The molecule has 2 amide bonds. The summed E-state index contributed by atoms with van der Waals surface area (Å²) in [6, 6.07) is 2.37. The Balaban J connectivity index is 2.13. The van der Waals surface area contributed by atoms with Crippen molar-refractivity contribution in [3.8, 4) is 0 Å². The van der Waals surface area contributed by atoms with Crippen molar-refractivity contribution in [3.63, 3.8) is 0 Å². The molecule has 2 heterocycles. The third kappa shape index (κ3) is 3.38. The van der Waals surface area contributed by atoms with E-state index in [2.05, 4.69) is 15.6 Å². The summed E-state index contributed by atoms with van der Waals surface area (Å²) >= 11 is 0. The summed E-state index contributed by atoms with van der Waals surface area (Å²) < 4.78 is 19.1. The molecule has 1 aromatic heterocycles. The van der Waals surface area contributed by atoms with Gasteiger partial charge in [-0.3, -0.25) is 9.59 Å². The molecule has 0 aliphatic carbocycles. The standard InChI is InChI=1S/C13H18N4O3S/c1-13(2)7-9(17-12(13)19)11(18)16-8-4-5-15-10(6-8)21(3,14)20/h4-6,9,14H,7H2,1-3H3,(H,17,19)(H,15,16,18)/t9?,21-/m1/s1. The van der Waals surface area contributed by atoms with Crippen molar-refractivity contribution in [1.29, 1.82) is 4.78 Å². The molecule has 2 rings (SSSR count). The predicted octanol–water partition coefficient (Wildman–Crippen LogP) is 0.970. The number of aromatic nitrogens is 1. The van der Waals surface area contributed by atoms with Gasteiger partial charge in [-0.15, -0.1) is 0 Å². The molecule has 1 aliphatic rings. The number of anilines is 1. The highest BCUT2D eigenvalue weighted by Crippen LogP contribution is 2.29. The van der Waals surface area contributed by atoms with Crippen molar-refractivity contribution in [1.82, 2.24) is 10.3 Å². The van der Waals surface area contributed by atoms with Crippen LogP contribution in [0.1, 0.15) is 20.3 Å². The van der Waals surface area contributed by atoms with Gasteiger partial charge >= 0.3 is 0 Å². The first-order valence-electron chi connectivity index (χ1n) is 6.41. The Kier molecular flexibility index (Phi) is 3.75. The van der Waals surface area contributed by atoms with Crippen LogP contribution in [-0.2, 0) is 19.3 Å². The van der Waals surface area contributed by atoms with Gasteiger partial charge < -0.3 is 10.6 Å². The van der Waals surface area contributed by atoms with E-state index in [0.717, 1.165) is 0 Å². The Labute approximate surface area is 123 Å². The fraction of sp³-hybridized carbons (Fsp3) is 0.462. The fourth-order valence-electron chi connectivity index (χ4n) is 2.10. The first-order valence-corrected chi connectivity index (χ1v) is 8.38. The second-order valence-corrected chi connectivity index (χ2v) is 7.94. The number of hydrogen-bond acceptors (Lipinski definition) is 5. The maximum absolute atomic E-state index is 12.1. The molecule has 1 unspecified atom stereocenters. The Morgan fingerprint density at radius 3 is 2.76 bits per heavy atom. The van der Waals surface area contributed by atoms with Crippen LogP contribution in [0.4, 0.5) is 5.69 Å². The smallest absolute Gasteiger partial charge is 0.246 e. The summed E-state index contributed by atoms with van der Waals surface area (Å²) in [6.07, 6.45) is 3.07. The third-order valence-corrected chi connectivity index (χ3v) is 4.37. The van der Waals surface area contributed by atoms with Gasteiger partial charge in [0, 0.05) is 23.6 Å². The number of nitrogens with zero attached hydrogens (tertiary/aromatic N) is 1. The van der Waals surface area contributed by atoms with Gasteiger partial charge in [-0.25, -0.2) is 14.0 Å². The van der Waals surface area contributed by atoms with Gasteiger partial charge in [0.2, 0.25) is 11.8 Å². The summed E-state index contributed by atoms with van der Waals surface area (Å²) in [7, 11) is -2.94. The van der Waals surface area contributed by atoms with Gasteiger partial charge in [-0.05, 0) is 18.6 Å². The maximum atomic E-state index is 12.1. The highest BCUT2D eigenvalue weighted by Gasteiger charge is 2.41. The van der Waals surface area contributed by atoms with Gasteiger partial charge in [0.15, 0.2) is 0 Å². The monoisotopic (exact) mass is 310 g/mol. The van der Waals surface area contributed by atoms with E-state index in [4.69, 9.17) is 4.78 Å². The van der Waals surface area contributed by atoms with Gasteiger partial charge in [0.1, 0.15) is 11.1 Å². The summed E-state index contributed by atoms with van der Waals surface area (Å²) in [5, 5.41) is 5.41. The number of pyridine rings is 1. The number of carbonyl (C=O) groups excluding carboxylic acids is 2. The van der Waals surface area contributed by atoms with Crippen LogP contribution in [0.2, 0.25) is 0 Å². The molecule has 1 aromatic rings. The molecule has 21 heavy (non-hydrogen) atoms. The summed E-state index contributed by atoms with van der Waals surface area (Å²) in [6.45, 7) is 3.57. The summed E-state index contributed by atoms with van der Waals surface area (Å²) in [5.74, 6) is -0.487. The Hall–Kier alpha value is -1.96. The summed E-state index contributed by atoms with van der Waals surface area (Å²) in [4.78, 5) is 27.7. The van der Waals surface area contributed by atoms with Crippen LogP contribution in [-0.4, -0.2) is 33.3 Å². The molecule has 0 saturated carbocycles. The normalized spacial score (nSPS) is 23.2. The second kappa shape index (κ2) is 5.10. The van der Waals surface area contributed by atoms with Crippen molar-refractivity contribution >= 4 is 27.2 Å². The van der Waals surface area contributed by atoms with Crippen LogP contribution in [0.5, 0.6) is 0 Å². The predicted molar refractivity (Wildman–Crippen MR) is 78.2 cm³/mol. The molecule has 0 bridgehead atoms. The highest BCUT2D eigenvalue weighted by molar-refractivity contribution is 7.91. The van der Waals surface area contributed by atoms with Crippen LogP contribution in [0.25, 0.3) is 0 Å². The molecule has 1 aliphatic heterocycles. The van der Waals surface area contributed by atoms with Crippen LogP contribution in [0.15, 0.2) is 23.4 Å². The number of amides is 2. The van der Waals surface area contributed by atoms with E-state index < -0.39 is 21.2 Å². The van der Waals surface area contributed by atoms with Gasteiger partial charge in [0.05, 0.1) is 9.73 Å². The zero-order valence-electron chi connectivity index (χ0n) is 12.1. The first kappa shape index (κ1) is 15.4. The van der Waals surface area contributed by atoms with Crippen LogP contribution < -0.4 is 10.6 Å². The van der Waals surface area contributed by atoms with E-state index in [0.29, 0.717) is 12.1 Å². The number of hydrogen-bond donors (Lipinski definition) is 3. The average Bonchev–Trinajstić information content (AvgIpc) is 2.63. The molecule has 1 saturated heterocycles. The van der Waals surface area contributed by atoms with Crippen LogP contribution >= 0.6 is 0 Å². The fourth-order valence-corrected chi connectivity index (χ4v) is 2.71. The van der Waals surface area contributed by atoms with Gasteiger partial charge in [0.25, 0.3) is 0 Å². The molecule has 2 atom stereocenters. The van der Waals surface area contributed by atoms with Crippen molar-refractivity contribution in [2.24, 2.45) is 5.41 Å². The molecule has 0 aromatic carbocycles. The lowest BCUT2D eigenvalue weighted by Gasteiger charge is -2.13. The zero-order chi connectivity index (χ0) is 15.8. The molecule has 8 heteroatoms. The quantitative estimate of drug-likeness (QED) is 0.772. The minimum absolute atomic E-state index is 0.107. The Morgan fingerprint density at radius 1 is 1.57 bits per heavy atom. The third-order valence-electron chi connectivity index (χ3n) is 3.35. The van der Waals surface area contributed by atoms with E-state index in [1.807, 2.05) is 0 Å². The Bertz CT molecular complexity index is 697. The lowest BCUT2D eigenvalue weighted by atomic mass is 9.89. The molecule has 7 nitrogen and oxygen atoms in total. The summed E-state index contributed by atoms with van der Waals surface area (Å²) in [5.41, 5.74) is -0.157. The van der Waals surface area contributed by atoms with Gasteiger partial charge in [-0.2, -0.15) is 0 Å². The van der Waals surface area contributed by atoms with Crippen molar-refractivity contribution in [2.75, 3.05) is 11.6 Å². The van der Waals surface area contributed by atoms with Gasteiger partial charge in [-0.1, -0.05) is 13.8 Å². The van der Waals surface area contributed by atoms with Crippen LogP contribution in [0.3, 0.4) is 0 Å². The SMILES string of the molecule is CC1(C)CC(C(=O)Nc2ccnc([S@](C)(=N)=O)c2)NC1=O.